The molecule has 0 fully saturated rings. The minimum atomic E-state index is -4.36. The monoisotopic (exact) mass is 1010 g/mol. The second kappa shape index (κ2) is 52.5. The highest BCUT2D eigenvalue weighted by molar-refractivity contribution is 7.47. The first-order valence-electron chi connectivity index (χ1n) is 29.5. The van der Waals surface area contributed by atoms with Crippen LogP contribution in [0.15, 0.2) is 85.1 Å². The Labute approximate surface area is 439 Å². The van der Waals surface area contributed by atoms with Gasteiger partial charge in [0.25, 0.3) is 0 Å². The molecule has 0 radical (unpaired) electrons. The molecule has 0 aromatic heterocycles. The molecule has 3 atom stereocenters. The van der Waals surface area contributed by atoms with E-state index >= 15 is 0 Å². The Kier molecular flexibility index (Phi) is 50.8. The van der Waals surface area contributed by atoms with Gasteiger partial charge in [0.1, 0.15) is 13.2 Å². The number of hydrogen-bond acceptors (Lipinski definition) is 5. The molecular weight excluding hydrogens is 900 g/mol. The Morgan fingerprint density at radius 3 is 1.30 bits per heavy atom. The molecule has 0 rings (SSSR count). The Morgan fingerprint density at radius 1 is 0.493 bits per heavy atom. The van der Waals surface area contributed by atoms with Crippen molar-refractivity contribution in [1.29, 1.82) is 0 Å². The van der Waals surface area contributed by atoms with Crippen LogP contribution < -0.4 is 5.32 Å². The summed E-state index contributed by atoms with van der Waals surface area (Å²) in [7, 11) is 1.55. The lowest BCUT2D eigenvalue weighted by atomic mass is 10.0. The molecule has 0 aromatic carbocycles. The third kappa shape index (κ3) is 55.3. The van der Waals surface area contributed by atoms with Gasteiger partial charge in [0, 0.05) is 6.42 Å². The number of amides is 1. The van der Waals surface area contributed by atoms with Gasteiger partial charge in [-0.15, -0.1) is 0 Å². The lowest BCUT2D eigenvalue weighted by Gasteiger charge is -2.25. The van der Waals surface area contributed by atoms with Gasteiger partial charge in [0.15, 0.2) is 0 Å². The van der Waals surface area contributed by atoms with E-state index < -0.39 is 20.0 Å². The quantitative estimate of drug-likeness (QED) is 0.0243. The fourth-order valence-corrected chi connectivity index (χ4v) is 9.00. The number of nitrogens with zero attached hydrogens (tertiary/aromatic N) is 1. The first-order chi connectivity index (χ1) is 34.5. The average molecular weight is 1010 g/mol. The predicted molar refractivity (Wildman–Crippen MR) is 309 cm³/mol. The van der Waals surface area contributed by atoms with E-state index in [1.165, 1.54) is 161 Å². The maximum Gasteiger partial charge on any atom is 0.472 e. The van der Waals surface area contributed by atoms with Crippen LogP contribution in [0, 0.1) is 0 Å². The zero-order chi connectivity index (χ0) is 52.0. The molecule has 0 aliphatic carbocycles. The molecule has 9 heteroatoms. The van der Waals surface area contributed by atoms with E-state index in [0.717, 1.165) is 70.6 Å². The first-order valence-corrected chi connectivity index (χ1v) is 31.0. The van der Waals surface area contributed by atoms with Gasteiger partial charge in [-0.25, -0.2) is 4.57 Å². The molecule has 412 valence electrons. The zero-order valence-corrected chi connectivity index (χ0v) is 47.8. The van der Waals surface area contributed by atoms with Gasteiger partial charge in [-0.1, -0.05) is 253 Å². The number of unbranched alkanes of at least 4 members (excludes halogenated alkanes) is 28. The van der Waals surface area contributed by atoms with Crippen LogP contribution in [-0.2, 0) is 18.4 Å². The van der Waals surface area contributed by atoms with Crippen LogP contribution in [0.5, 0.6) is 0 Å². The summed E-state index contributed by atoms with van der Waals surface area (Å²) < 4.78 is 23.7. The third-order valence-electron chi connectivity index (χ3n) is 12.8. The van der Waals surface area contributed by atoms with Gasteiger partial charge in [0.05, 0.1) is 39.9 Å². The van der Waals surface area contributed by atoms with Gasteiger partial charge in [0.2, 0.25) is 5.91 Å². The molecule has 71 heavy (non-hydrogen) atoms. The molecule has 0 saturated heterocycles. The van der Waals surface area contributed by atoms with E-state index in [9.17, 15) is 19.4 Å². The average Bonchev–Trinajstić information content (AvgIpc) is 3.33. The summed E-state index contributed by atoms with van der Waals surface area (Å²) in [6, 6.07) is -0.869. The number of carbonyl (C=O) groups excluding carboxylic acids is 1. The first kappa shape index (κ1) is 68.7. The molecule has 3 N–H and O–H groups in total. The highest BCUT2D eigenvalue weighted by Gasteiger charge is 2.27. The number of allylic oxidation sites excluding steroid dienone is 13. The molecule has 0 bridgehead atoms. The van der Waals surface area contributed by atoms with Crippen LogP contribution in [0.2, 0.25) is 0 Å². The number of rotatable bonds is 53. The molecule has 0 aromatic rings. The second-order valence-corrected chi connectivity index (χ2v) is 22.4. The third-order valence-corrected chi connectivity index (χ3v) is 13.8. The van der Waals surface area contributed by atoms with E-state index in [1.54, 1.807) is 6.08 Å². The molecule has 1 amide bonds. The Morgan fingerprint density at radius 2 is 0.859 bits per heavy atom. The van der Waals surface area contributed by atoms with Gasteiger partial charge in [-0.05, 0) is 77.0 Å². The van der Waals surface area contributed by atoms with Crippen molar-refractivity contribution in [3.05, 3.63) is 85.1 Å². The summed E-state index contributed by atoms with van der Waals surface area (Å²) in [4.78, 5) is 23.3. The van der Waals surface area contributed by atoms with Crippen molar-refractivity contribution in [2.24, 2.45) is 0 Å². The maximum absolute atomic E-state index is 13.0. The van der Waals surface area contributed by atoms with Crippen molar-refractivity contribution in [1.82, 2.24) is 5.32 Å². The van der Waals surface area contributed by atoms with E-state index in [1.807, 2.05) is 27.2 Å². The molecular formula is C62H114N2O6P+. The van der Waals surface area contributed by atoms with Crippen molar-refractivity contribution < 1.29 is 32.9 Å². The molecule has 8 nitrogen and oxygen atoms in total. The van der Waals surface area contributed by atoms with Crippen molar-refractivity contribution in [2.75, 3.05) is 40.9 Å². The largest absolute Gasteiger partial charge is 0.472 e. The number of likely N-dealkylation sites (N-methyl/N-ethyl adjacent to an activating group) is 1. The van der Waals surface area contributed by atoms with Crippen molar-refractivity contribution in [3.8, 4) is 0 Å². The second-order valence-electron chi connectivity index (χ2n) is 21.0. The summed E-state index contributed by atoms with van der Waals surface area (Å²) in [5.74, 6) is -0.189. The smallest absolute Gasteiger partial charge is 0.387 e. The Bertz CT molecular complexity index is 1430. The lowest BCUT2D eigenvalue weighted by Crippen LogP contribution is -2.45. The Balaban J connectivity index is 4.22. The number of phosphoric ester groups is 1. The van der Waals surface area contributed by atoms with Crippen molar-refractivity contribution in [2.45, 2.75) is 264 Å². The van der Waals surface area contributed by atoms with Crippen LogP contribution in [0.4, 0.5) is 0 Å². The topological polar surface area (TPSA) is 105 Å². The summed E-state index contributed by atoms with van der Waals surface area (Å²) >= 11 is 0. The number of nitrogens with one attached hydrogen (secondary N) is 1. The van der Waals surface area contributed by atoms with Crippen LogP contribution in [-0.4, -0.2) is 73.4 Å². The maximum atomic E-state index is 13.0. The molecule has 0 aliphatic heterocycles. The van der Waals surface area contributed by atoms with E-state index in [2.05, 4.69) is 92.1 Å². The van der Waals surface area contributed by atoms with Gasteiger partial charge in [-0.3, -0.25) is 13.8 Å². The van der Waals surface area contributed by atoms with Crippen molar-refractivity contribution >= 4 is 13.7 Å². The number of quaternary nitrogens is 1. The minimum absolute atomic E-state index is 0.0532. The number of hydrogen-bond donors (Lipinski definition) is 3. The van der Waals surface area contributed by atoms with Crippen LogP contribution >= 0.6 is 7.82 Å². The van der Waals surface area contributed by atoms with Gasteiger partial charge in [-0.2, -0.15) is 0 Å². The van der Waals surface area contributed by atoms with Crippen LogP contribution in [0.25, 0.3) is 0 Å². The standard InChI is InChI=1S/C62H113N2O6P/c1-6-8-10-12-14-16-18-20-22-24-26-28-29-30-31-32-33-34-35-36-38-40-42-44-46-48-50-52-54-56-62(66)63-60(59-70-71(67,68)69-58-57-64(3,4)5)61(65)55-53-51-49-47-45-43-41-39-37-27-25-23-21-19-17-15-13-11-9-7-2/h8,10,14,16,20,22,26,28,30-31,45,47,53,55,60-61,65H,6-7,9,11-13,15,17-19,21,23-25,27,29,32-44,46,48-52,54,56-59H2,1-5H3,(H-,63,66,67,68)/p+1/b10-8-,16-14-,22-20-,28-26-,31-30-,47-45+,55-53+. The summed E-state index contributed by atoms with van der Waals surface area (Å²) in [6.07, 6.45) is 74.0. The number of aliphatic hydroxyl groups is 1. The highest BCUT2D eigenvalue weighted by Crippen LogP contribution is 2.43. The molecule has 0 saturated carbocycles. The zero-order valence-electron chi connectivity index (χ0n) is 46.9. The normalized spacial score (nSPS) is 14.5. The van der Waals surface area contributed by atoms with E-state index in [-0.39, 0.29) is 19.1 Å². The summed E-state index contributed by atoms with van der Waals surface area (Å²) in [5.41, 5.74) is 0. The number of aliphatic hydroxyl groups excluding tert-OH is 1. The van der Waals surface area contributed by atoms with Gasteiger partial charge >= 0.3 is 7.82 Å². The Hall–Kier alpha value is -2.32. The van der Waals surface area contributed by atoms with E-state index in [0.29, 0.717) is 17.4 Å². The van der Waals surface area contributed by atoms with Crippen LogP contribution in [0.1, 0.15) is 251 Å². The number of carbonyl (C=O) groups is 1. The highest BCUT2D eigenvalue weighted by atomic mass is 31.2. The van der Waals surface area contributed by atoms with E-state index in [4.69, 9.17) is 9.05 Å². The summed E-state index contributed by atoms with van der Waals surface area (Å²) in [6.45, 7) is 4.69. The SMILES string of the molecule is CC/C=C\C/C=C\C/C=C\C/C=C\C/C=C\CCCCCCCCCCCCCCCC(=O)NC(COP(=O)(O)OCC[N+](C)(C)C)C(O)/C=C/CC/C=C/CCCCCCCCCCCCCCCC. The molecule has 0 aliphatic rings. The van der Waals surface area contributed by atoms with Gasteiger partial charge < -0.3 is 19.8 Å². The fraction of sp³-hybridized carbons (Fsp3) is 0.758. The predicted octanol–water partition coefficient (Wildman–Crippen LogP) is 18.0. The summed E-state index contributed by atoms with van der Waals surface area (Å²) in [5, 5.41) is 13.9. The van der Waals surface area contributed by atoms with Crippen LogP contribution in [0.3, 0.4) is 0 Å². The minimum Gasteiger partial charge on any atom is -0.387 e. The molecule has 0 heterocycles. The molecule has 0 spiro atoms. The fourth-order valence-electron chi connectivity index (χ4n) is 8.26. The van der Waals surface area contributed by atoms with Crippen molar-refractivity contribution in [3.63, 3.8) is 0 Å². The molecule has 3 unspecified atom stereocenters. The lowest BCUT2D eigenvalue weighted by molar-refractivity contribution is -0.870. The number of phosphoric acid groups is 1.